The van der Waals surface area contributed by atoms with Crippen LogP contribution < -0.4 is 5.32 Å². The first-order valence-electron chi connectivity index (χ1n) is 5.49. The van der Waals surface area contributed by atoms with Crippen molar-refractivity contribution >= 4 is 5.69 Å². The van der Waals surface area contributed by atoms with E-state index in [-0.39, 0.29) is 0 Å². The van der Waals surface area contributed by atoms with Crippen LogP contribution in [-0.4, -0.2) is 29.5 Å². The fraction of sp³-hybridized carbons (Fsp3) is 0.727. The van der Waals surface area contributed by atoms with Crippen LogP contribution in [0.4, 0.5) is 5.69 Å². The summed E-state index contributed by atoms with van der Waals surface area (Å²) in [4.78, 5) is 0. The summed E-state index contributed by atoms with van der Waals surface area (Å²) in [6, 6.07) is 0.365. The molecule has 0 aliphatic rings. The third kappa shape index (κ3) is 3.23. The molecule has 0 spiro atoms. The van der Waals surface area contributed by atoms with Gasteiger partial charge in [-0.3, -0.25) is 4.68 Å². The van der Waals surface area contributed by atoms with Crippen LogP contribution >= 0.6 is 0 Å². The normalized spacial score (nSPS) is 12.8. The van der Waals surface area contributed by atoms with E-state index in [2.05, 4.69) is 24.3 Å². The van der Waals surface area contributed by atoms with Crippen molar-refractivity contribution in [3.8, 4) is 0 Å². The van der Waals surface area contributed by atoms with Crippen LogP contribution in [0.2, 0.25) is 0 Å². The third-order valence-corrected chi connectivity index (χ3v) is 2.46. The highest BCUT2D eigenvalue weighted by atomic mass is 16.5. The number of ether oxygens (including phenoxy) is 1. The highest BCUT2D eigenvalue weighted by molar-refractivity contribution is 5.47. The minimum absolute atomic E-state index is 0.365. The molecular weight excluding hydrogens is 190 g/mol. The van der Waals surface area contributed by atoms with Crippen LogP contribution in [-0.2, 0) is 18.2 Å². The molecule has 0 saturated carbocycles. The second kappa shape index (κ2) is 5.75. The lowest BCUT2D eigenvalue weighted by atomic mass is 10.2. The zero-order valence-corrected chi connectivity index (χ0v) is 10.1. The molecule has 4 heteroatoms. The lowest BCUT2D eigenvalue weighted by molar-refractivity contribution is 0.184. The fourth-order valence-electron chi connectivity index (χ4n) is 1.60. The van der Waals surface area contributed by atoms with Crippen molar-refractivity contribution in [3.63, 3.8) is 0 Å². The predicted octanol–water partition coefficient (Wildman–Crippen LogP) is 1.82. The van der Waals surface area contributed by atoms with Gasteiger partial charge in [0.25, 0.3) is 0 Å². The lowest BCUT2D eigenvalue weighted by Gasteiger charge is -2.16. The maximum Gasteiger partial charge on any atom is 0.0853 e. The van der Waals surface area contributed by atoms with Crippen molar-refractivity contribution in [2.45, 2.75) is 32.7 Å². The van der Waals surface area contributed by atoms with Crippen molar-refractivity contribution in [2.24, 2.45) is 7.05 Å². The smallest absolute Gasteiger partial charge is 0.0853 e. The summed E-state index contributed by atoms with van der Waals surface area (Å²) in [5, 5.41) is 7.85. The Morgan fingerprint density at radius 2 is 2.27 bits per heavy atom. The molecule has 0 bridgehead atoms. The van der Waals surface area contributed by atoms with E-state index in [0.29, 0.717) is 6.04 Å². The molecule has 0 saturated heterocycles. The average Bonchev–Trinajstić information content (AvgIpc) is 2.58. The molecule has 1 N–H and O–H groups in total. The molecule has 0 aromatic carbocycles. The molecule has 1 heterocycles. The predicted molar refractivity (Wildman–Crippen MR) is 62.2 cm³/mol. The molecule has 0 amide bonds. The Balaban J connectivity index is 2.68. The molecule has 1 aromatic rings. The van der Waals surface area contributed by atoms with Crippen LogP contribution in [0.1, 0.15) is 26.0 Å². The minimum Gasteiger partial charge on any atom is -0.383 e. The number of anilines is 1. The van der Waals surface area contributed by atoms with Gasteiger partial charge in [0.15, 0.2) is 0 Å². The number of aryl methyl sites for hydroxylation is 2. The summed E-state index contributed by atoms with van der Waals surface area (Å²) in [7, 11) is 3.68. The molecule has 0 aliphatic carbocycles. The van der Waals surface area contributed by atoms with Gasteiger partial charge in [-0.2, -0.15) is 5.10 Å². The zero-order valence-electron chi connectivity index (χ0n) is 10.1. The van der Waals surface area contributed by atoms with Crippen LogP contribution in [0.5, 0.6) is 0 Å². The molecule has 1 atom stereocenters. The molecule has 1 rings (SSSR count). The second-order valence-corrected chi connectivity index (χ2v) is 3.72. The van der Waals surface area contributed by atoms with E-state index >= 15 is 0 Å². The summed E-state index contributed by atoms with van der Waals surface area (Å²) in [6.07, 6.45) is 4.02. The van der Waals surface area contributed by atoms with Gasteiger partial charge >= 0.3 is 0 Å². The Morgan fingerprint density at radius 3 is 2.80 bits per heavy atom. The molecular formula is C11H21N3O. The van der Waals surface area contributed by atoms with Crippen LogP contribution in [0.15, 0.2) is 6.20 Å². The summed E-state index contributed by atoms with van der Waals surface area (Å²) < 4.78 is 7.01. The molecule has 4 nitrogen and oxygen atoms in total. The third-order valence-electron chi connectivity index (χ3n) is 2.46. The largest absolute Gasteiger partial charge is 0.383 e. The van der Waals surface area contributed by atoms with Gasteiger partial charge in [-0.15, -0.1) is 0 Å². The van der Waals surface area contributed by atoms with Gasteiger partial charge in [-0.25, -0.2) is 0 Å². The quantitative estimate of drug-likeness (QED) is 0.780. The SMILES string of the molecule is CCc1nn(C)cc1NC(CC)COC. The van der Waals surface area contributed by atoms with E-state index in [1.54, 1.807) is 7.11 Å². The Labute approximate surface area is 91.6 Å². The van der Waals surface area contributed by atoms with Gasteiger partial charge in [0.05, 0.1) is 18.0 Å². The van der Waals surface area contributed by atoms with E-state index in [9.17, 15) is 0 Å². The molecule has 0 aliphatic heterocycles. The maximum absolute atomic E-state index is 5.16. The van der Waals surface area contributed by atoms with Gasteiger partial charge in [0.2, 0.25) is 0 Å². The van der Waals surface area contributed by atoms with Crippen LogP contribution in [0, 0.1) is 0 Å². The molecule has 1 unspecified atom stereocenters. The molecule has 86 valence electrons. The van der Waals surface area contributed by atoms with Crippen molar-refractivity contribution in [2.75, 3.05) is 19.0 Å². The number of methoxy groups -OCH3 is 1. The van der Waals surface area contributed by atoms with Gasteiger partial charge in [-0.1, -0.05) is 13.8 Å². The van der Waals surface area contributed by atoms with E-state index < -0.39 is 0 Å². The Kier molecular flexibility index (Phi) is 4.62. The standard InChI is InChI=1S/C11H21N3O/c1-5-9(8-15-4)12-11-7-14(3)13-10(11)6-2/h7,9,12H,5-6,8H2,1-4H3. The number of nitrogens with one attached hydrogen (secondary N) is 1. The molecule has 1 aromatic heterocycles. The number of hydrogen-bond acceptors (Lipinski definition) is 3. The van der Waals surface area contributed by atoms with Crippen molar-refractivity contribution in [1.29, 1.82) is 0 Å². The average molecular weight is 211 g/mol. The first-order valence-corrected chi connectivity index (χ1v) is 5.49. The summed E-state index contributed by atoms with van der Waals surface area (Å²) in [5.74, 6) is 0. The topological polar surface area (TPSA) is 39.1 Å². The zero-order chi connectivity index (χ0) is 11.3. The van der Waals surface area contributed by atoms with Crippen molar-refractivity contribution < 1.29 is 4.74 Å². The van der Waals surface area contributed by atoms with E-state index in [1.807, 2.05) is 17.9 Å². The van der Waals surface area contributed by atoms with E-state index in [1.165, 1.54) is 0 Å². The van der Waals surface area contributed by atoms with Crippen molar-refractivity contribution in [1.82, 2.24) is 9.78 Å². The summed E-state index contributed by atoms with van der Waals surface area (Å²) in [6.45, 7) is 5.00. The monoisotopic (exact) mass is 211 g/mol. The van der Waals surface area contributed by atoms with Crippen molar-refractivity contribution in [3.05, 3.63) is 11.9 Å². The number of aromatic nitrogens is 2. The number of nitrogens with zero attached hydrogens (tertiary/aromatic N) is 2. The lowest BCUT2D eigenvalue weighted by Crippen LogP contribution is -2.24. The Hall–Kier alpha value is -1.03. The van der Waals surface area contributed by atoms with E-state index in [4.69, 9.17) is 4.74 Å². The Morgan fingerprint density at radius 1 is 1.53 bits per heavy atom. The first kappa shape index (κ1) is 12.0. The number of hydrogen-bond donors (Lipinski definition) is 1. The van der Waals surface area contributed by atoms with Gasteiger partial charge in [0, 0.05) is 26.4 Å². The fourth-order valence-corrected chi connectivity index (χ4v) is 1.60. The summed E-state index contributed by atoms with van der Waals surface area (Å²) >= 11 is 0. The first-order chi connectivity index (χ1) is 7.21. The highest BCUT2D eigenvalue weighted by Crippen LogP contribution is 2.15. The summed E-state index contributed by atoms with van der Waals surface area (Å²) in [5.41, 5.74) is 2.25. The Bertz CT molecular complexity index is 296. The van der Waals surface area contributed by atoms with Crippen LogP contribution in [0.25, 0.3) is 0 Å². The molecule has 0 radical (unpaired) electrons. The molecule has 0 fully saturated rings. The van der Waals surface area contributed by atoms with E-state index in [0.717, 1.165) is 30.8 Å². The van der Waals surface area contributed by atoms with Crippen LogP contribution in [0.3, 0.4) is 0 Å². The minimum atomic E-state index is 0.365. The maximum atomic E-state index is 5.16. The van der Waals surface area contributed by atoms with Gasteiger partial charge in [-0.05, 0) is 12.8 Å². The van der Waals surface area contributed by atoms with Gasteiger partial charge in [0.1, 0.15) is 0 Å². The second-order valence-electron chi connectivity index (χ2n) is 3.72. The molecule has 15 heavy (non-hydrogen) atoms. The van der Waals surface area contributed by atoms with Gasteiger partial charge < -0.3 is 10.1 Å². The highest BCUT2D eigenvalue weighted by Gasteiger charge is 2.10. The number of rotatable bonds is 6.